The maximum atomic E-state index is 12.1. The zero-order valence-corrected chi connectivity index (χ0v) is 18.4. The van der Waals surface area contributed by atoms with Gasteiger partial charge in [0.1, 0.15) is 6.54 Å². The first kappa shape index (κ1) is 22.6. The van der Waals surface area contributed by atoms with E-state index in [9.17, 15) is 4.79 Å². The topological polar surface area (TPSA) is 65.5 Å². The molecule has 26 heavy (non-hydrogen) atoms. The van der Waals surface area contributed by atoms with Gasteiger partial charge in [0.05, 0.1) is 0 Å². The number of carbonyl (C=O) groups excluding carboxylic acids is 1. The van der Waals surface area contributed by atoms with Crippen molar-refractivity contribution in [3.63, 3.8) is 0 Å². The predicted octanol–water partition coefficient (Wildman–Crippen LogP) is 3.06. The normalized spacial score (nSPS) is 19.2. The second-order valence-electron chi connectivity index (χ2n) is 5.98. The summed E-state index contributed by atoms with van der Waals surface area (Å²) >= 11 is 1.92. The van der Waals surface area contributed by atoms with Crippen molar-refractivity contribution in [2.24, 2.45) is 4.99 Å². The number of aliphatic imine (C=N–C) groups is 1. The van der Waals surface area contributed by atoms with E-state index < -0.39 is 0 Å². The maximum Gasteiger partial charge on any atom is 0.246 e. The summed E-state index contributed by atoms with van der Waals surface area (Å²) in [5.41, 5.74) is 1.42. The molecule has 0 aliphatic heterocycles. The molecule has 0 aromatic heterocycles. The van der Waals surface area contributed by atoms with E-state index in [4.69, 9.17) is 6.42 Å². The van der Waals surface area contributed by atoms with E-state index in [1.165, 1.54) is 6.42 Å². The summed E-state index contributed by atoms with van der Waals surface area (Å²) in [5.74, 6) is 3.08. The van der Waals surface area contributed by atoms with Gasteiger partial charge in [-0.1, -0.05) is 12.0 Å². The highest BCUT2D eigenvalue weighted by Crippen LogP contribution is 2.27. The lowest BCUT2D eigenvalue weighted by Crippen LogP contribution is -2.43. The lowest BCUT2D eigenvalue weighted by atomic mass is 10.2. The Bertz CT molecular complexity index is 659. The fraction of sp³-hybridized carbons (Fsp3) is 0.474. The summed E-state index contributed by atoms with van der Waals surface area (Å²) in [7, 11) is 0. The number of benzene rings is 1. The molecule has 0 heterocycles. The summed E-state index contributed by atoms with van der Waals surface area (Å²) in [6.07, 6.45) is 11.0. The van der Waals surface area contributed by atoms with Gasteiger partial charge in [-0.25, -0.2) is 4.99 Å². The second kappa shape index (κ2) is 12.1. The largest absolute Gasteiger partial charge is 0.357 e. The number of hydrogen-bond acceptors (Lipinski definition) is 3. The van der Waals surface area contributed by atoms with Crippen LogP contribution in [0.3, 0.4) is 0 Å². The molecule has 1 aliphatic carbocycles. The fourth-order valence-corrected chi connectivity index (χ4v) is 3.63. The Hall–Kier alpha value is -1.40. The zero-order chi connectivity index (χ0) is 18.1. The Labute approximate surface area is 177 Å². The molecule has 0 radical (unpaired) electrons. The molecule has 5 nitrogen and oxygen atoms in total. The predicted molar refractivity (Wildman–Crippen MR) is 122 cm³/mol. The van der Waals surface area contributed by atoms with Gasteiger partial charge in [-0.05, 0) is 50.6 Å². The Balaban J connectivity index is 0.00000338. The van der Waals surface area contributed by atoms with Crippen LogP contribution in [0.5, 0.6) is 0 Å². The van der Waals surface area contributed by atoms with Gasteiger partial charge in [0, 0.05) is 29.1 Å². The van der Waals surface area contributed by atoms with Crippen LogP contribution in [0.25, 0.3) is 0 Å². The number of halogens is 1. The van der Waals surface area contributed by atoms with Crippen LogP contribution >= 0.6 is 35.7 Å². The first-order chi connectivity index (χ1) is 12.1. The standard InChI is InChI=1S/C19H26N4OS.HI/c1-4-14-7-6-8-15(11-14)22-18(24)13-21-19(20-5-2)23-16-9-10-17(12-16)25-3;/h1,6-8,11,16-17H,5,9-10,12-13H2,2-3H3,(H,22,24)(H2,20,21,23);1H. The van der Waals surface area contributed by atoms with Crippen molar-refractivity contribution in [3.05, 3.63) is 29.8 Å². The van der Waals surface area contributed by atoms with E-state index in [0.29, 0.717) is 22.9 Å². The molecule has 2 rings (SSSR count). The molecule has 3 N–H and O–H groups in total. The van der Waals surface area contributed by atoms with Crippen molar-refractivity contribution >= 4 is 53.3 Å². The molecule has 0 bridgehead atoms. The summed E-state index contributed by atoms with van der Waals surface area (Å²) in [6.45, 7) is 2.84. The van der Waals surface area contributed by atoms with Crippen LogP contribution in [-0.4, -0.2) is 42.5 Å². The lowest BCUT2D eigenvalue weighted by molar-refractivity contribution is -0.114. The van der Waals surface area contributed by atoms with Gasteiger partial charge in [-0.3, -0.25) is 4.79 Å². The Morgan fingerprint density at radius 1 is 1.42 bits per heavy atom. The quantitative estimate of drug-likeness (QED) is 0.250. The molecule has 0 spiro atoms. The maximum absolute atomic E-state index is 12.1. The molecule has 142 valence electrons. The number of nitrogens with one attached hydrogen (secondary N) is 3. The van der Waals surface area contributed by atoms with Gasteiger partial charge in [-0.2, -0.15) is 11.8 Å². The summed E-state index contributed by atoms with van der Waals surface area (Å²) in [4.78, 5) is 16.5. The fourth-order valence-electron chi connectivity index (χ4n) is 2.84. The van der Waals surface area contributed by atoms with Gasteiger partial charge in [0.15, 0.2) is 5.96 Å². The molecule has 1 aromatic rings. The first-order valence-electron chi connectivity index (χ1n) is 8.58. The Morgan fingerprint density at radius 3 is 2.88 bits per heavy atom. The van der Waals surface area contributed by atoms with Gasteiger partial charge in [0.25, 0.3) is 0 Å². The van der Waals surface area contributed by atoms with Crippen molar-refractivity contribution in [2.75, 3.05) is 24.7 Å². The number of thioether (sulfide) groups is 1. The molecule has 1 amide bonds. The number of guanidine groups is 1. The number of rotatable bonds is 6. The van der Waals surface area contributed by atoms with E-state index in [-0.39, 0.29) is 36.4 Å². The molecular weight excluding hydrogens is 459 g/mol. The summed E-state index contributed by atoms with van der Waals surface area (Å²) in [5, 5.41) is 10.2. The SMILES string of the molecule is C#Cc1cccc(NC(=O)CN=C(NCC)NC2CCC(SC)C2)c1.I. The monoisotopic (exact) mass is 486 g/mol. The Morgan fingerprint density at radius 2 is 2.23 bits per heavy atom. The molecule has 7 heteroatoms. The van der Waals surface area contributed by atoms with Crippen LogP contribution in [0.4, 0.5) is 5.69 Å². The summed E-state index contributed by atoms with van der Waals surface area (Å²) in [6, 6.07) is 7.65. The van der Waals surface area contributed by atoms with Crippen molar-refractivity contribution in [3.8, 4) is 12.3 Å². The van der Waals surface area contributed by atoms with E-state index in [1.807, 2.05) is 36.9 Å². The second-order valence-corrected chi connectivity index (χ2v) is 7.12. The molecule has 1 aromatic carbocycles. The van der Waals surface area contributed by atoms with E-state index in [2.05, 4.69) is 33.1 Å². The summed E-state index contributed by atoms with van der Waals surface area (Å²) < 4.78 is 0. The molecule has 2 unspecified atom stereocenters. The van der Waals surface area contributed by atoms with Crippen LogP contribution < -0.4 is 16.0 Å². The van der Waals surface area contributed by atoms with E-state index in [0.717, 1.165) is 24.9 Å². The minimum Gasteiger partial charge on any atom is -0.357 e. The van der Waals surface area contributed by atoms with Gasteiger partial charge in [0.2, 0.25) is 5.91 Å². The van der Waals surface area contributed by atoms with Gasteiger partial charge >= 0.3 is 0 Å². The van der Waals surface area contributed by atoms with Crippen LogP contribution in [-0.2, 0) is 4.79 Å². The highest BCUT2D eigenvalue weighted by Gasteiger charge is 2.24. The van der Waals surface area contributed by atoms with Crippen LogP contribution in [0, 0.1) is 12.3 Å². The third-order valence-corrected chi connectivity index (χ3v) is 5.19. The average molecular weight is 486 g/mol. The Kier molecular flexibility index (Phi) is 10.5. The van der Waals surface area contributed by atoms with Gasteiger partial charge in [-0.15, -0.1) is 30.4 Å². The number of anilines is 1. The highest BCUT2D eigenvalue weighted by atomic mass is 127. The highest BCUT2D eigenvalue weighted by molar-refractivity contribution is 14.0. The molecule has 0 saturated heterocycles. The van der Waals surface area contributed by atoms with Crippen molar-refractivity contribution in [1.82, 2.24) is 10.6 Å². The number of hydrogen-bond donors (Lipinski definition) is 3. The van der Waals surface area contributed by atoms with Crippen molar-refractivity contribution in [1.29, 1.82) is 0 Å². The van der Waals surface area contributed by atoms with Crippen molar-refractivity contribution < 1.29 is 4.79 Å². The number of carbonyl (C=O) groups is 1. The van der Waals surface area contributed by atoms with Crippen LogP contribution in [0.1, 0.15) is 31.7 Å². The number of nitrogens with zero attached hydrogens (tertiary/aromatic N) is 1. The molecule has 2 atom stereocenters. The van der Waals surface area contributed by atoms with Crippen molar-refractivity contribution in [2.45, 2.75) is 37.5 Å². The minimum atomic E-state index is -0.167. The molecule has 1 aliphatic rings. The van der Waals surface area contributed by atoms with E-state index in [1.54, 1.807) is 6.07 Å². The number of terminal acetylenes is 1. The molecular formula is C19H27IN4OS. The molecule has 1 saturated carbocycles. The smallest absolute Gasteiger partial charge is 0.246 e. The number of amides is 1. The third-order valence-electron chi connectivity index (χ3n) is 4.10. The average Bonchev–Trinajstić information content (AvgIpc) is 3.07. The molecule has 1 fully saturated rings. The van der Waals surface area contributed by atoms with Crippen LogP contribution in [0.15, 0.2) is 29.3 Å². The van der Waals surface area contributed by atoms with Gasteiger partial charge < -0.3 is 16.0 Å². The zero-order valence-electron chi connectivity index (χ0n) is 15.2. The minimum absolute atomic E-state index is 0. The van der Waals surface area contributed by atoms with Crippen LogP contribution in [0.2, 0.25) is 0 Å². The third kappa shape index (κ3) is 7.46. The van der Waals surface area contributed by atoms with E-state index >= 15 is 0 Å². The lowest BCUT2D eigenvalue weighted by Gasteiger charge is -2.17. The first-order valence-corrected chi connectivity index (χ1v) is 9.87.